The first-order valence-corrected chi connectivity index (χ1v) is 7.30. The van der Waals surface area contributed by atoms with E-state index < -0.39 is 5.97 Å². The van der Waals surface area contributed by atoms with Gasteiger partial charge in [0, 0.05) is 19.5 Å². The van der Waals surface area contributed by atoms with Gasteiger partial charge in [0.2, 0.25) is 5.91 Å². The van der Waals surface area contributed by atoms with Gasteiger partial charge in [0.05, 0.1) is 19.1 Å². The number of benzene rings is 1. The van der Waals surface area contributed by atoms with Gasteiger partial charge in [-0.05, 0) is 18.4 Å². The number of amides is 1. The molecule has 114 valence electrons. The molecule has 21 heavy (non-hydrogen) atoms. The average Bonchev–Trinajstić information content (AvgIpc) is 2.48. The standard InChI is InChI=1S/C16H21NO4/c18-15(8-4-7-13-5-2-1-3-6-13)17-9-10-21-14(12-17)11-16(19)20/h1-3,5-6,14H,4,7-12H2,(H,19,20). The molecule has 1 aromatic rings. The lowest BCUT2D eigenvalue weighted by Crippen LogP contribution is -2.46. The van der Waals surface area contributed by atoms with Gasteiger partial charge in [-0.25, -0.2) is 0 Å². The van der Waals surface area contributed by atoms with Gasteiger partial charge >= 0.3 is 5.97 Å². The Morgan fingerprint density at radius 1 is 1.29 bits per heavy atom. The molecule has 1 heterocycles. The summed E-state index contributed by atoms with van der Waals surface area (Å²) in [5, 5.41) is 8.77. The van der Waals surface area contributed by atoms with Crippen molar-refractivity contribution in [3.63, 3.8) is 0 Å². The average molecular weight is 291 g/mol. The van der Waals surface area contributed by atoms with E-state index in [9.17, 15) is 9.59 Å². The maximum atomic E-state index is 12.1. The molecule has 5 nitrogen and oxygen atoms in total. The number of morpholine rings is 1. The highest BCUT2D eigenvalue weighted by atomic mass is 16.5. The van der Waals surface area contributed by atoms with Crippen LogP contribution in [0.1, 0.15) is 24.8 Å². The molecule has 1 amide bonds. The molecular formula is C16H21NO4. The molecule has 0 bridgehead atoms. The minimum Gasteiger partial charge on any atom is -0.481 e. The molecule has 0 aliphatic carbocycles. The first-order valence-electron chi connectivity index (χ1n) is 7.30. The zero-order chi connectivity index (χ0) is 15.1. The summed E-state index contributed by atoms with van der Waals surface area (Å²) in [5.74, 6) is -0.803. The second kappa shape index (κ2) is 7.78. The van der Waals surface area contributed by atoms with Crippen molar-refractivity contribution in [1.29, 1.82) is 0 Å². The Balaban J connectivity index is 1.73. The van der Waals surface area contributed by atoms with Crippen molar-refractivity contribution < 1.29 is 19.4 Å². The quantitative estimate of drug-likeness (QED) is 0.866. The molecule has 1 aliphatic heterocycles. The summed E-state index contributed by atoms with van der Waals surface area (Å²) in [6, 6.07) is 10.1. The van der Waals surface area contributed by atoms with E-state index in [0.29, 0.717) is 26.1 Å². The fourth-order valence-electron chi connectivity index (χ4n) is 2.51. The van der Waals surface area contributed by atoms with Crippen molar-refractivity contribution in [3.8, 4) is 0 Å². The van der Waals surface area contributed by atoms with Gasteiger partial charge in [0.15, 0.2) is 0 Å². The zero-order valence-electron chi connectivity index (χ0n) is 12.0. The second-order valence-electron chi connectivity index (χ2n) is 5.27. The van der Waals surface area contributed by atoms with E-state index in [1.165, 1.54) is 5.56 Å². The second-order valence-corrected chi connectivity index (χ2v) is 5.27. The number of carboxylic acid groups (broad SMARTS) is 1. The smallest absolute Gasteiger partial charge is 0.306 e. The third kappa shape index (κ3) is 5.19. The first kappa shape index (κ1) is 15.5. The highest BCUT2D eigenvalue weighted by molar-refractivity contribution is 5.76. The highest BCUT2D eigenvalue weighted by Crippen LogP contribution is 2.12. The molecular weight excluding hydrogens is 270 g/mol. The molecule has 1 saturated heterocycles. The van der Waals surface area contributed by atoms with E-state index >= 15 is 0 Å². The maximum absolute atomic E-state index is 12.1. The zero-order valence-corrected chi connectivity index (χ0v) is 12.0. The molecule has 0 radical (unpaired) electrons. The van der Waals surface area contributed by atoms with Crippen LogP contribution < -0.4 is 0 Å². The Kier molecular flexibility index (Phi) is 5.75. The lowest BCUT2D eigenvalue weighted by molar-refractivity contribution is -0.147. The minimum atomic E-state index is -0.890. The molecule has 1 aromatic carbocycles. The molecule has 0 aromatic heterocycles. The number of carbonyl (C=O) groups excluding carboxylic acids is 1. The molecule has 1 fully saturated rings. The molecule has 1 unspecified atom stereocenters. The normalized spacial score (nSPS) is 18.5. The van der Waals surface area contributed by atoms with Gasteiger partial charge in [-0.3, -0.25) is 9.59 Å². The maximum Gasteiger partial charge on any atom is 0.306 e. The first-order chi connectivity index (χ1) is 10.1. The van der Waals surface area contributed by atoms with Gasteiger partial charge in [-0.15, -0.1) is 0 Å². The van der Waals surface area contributed by atoms with Crippen LogP contribution in [0.25, 0.3) is 0 Å². The van der Waals surface area contributed by atoms with E-state index in [-0.39, 0.29) is 18.4 Å². The number of carbonyl (C=O) groups is 2. The Bertz CT molecular complexity index is 474. The van der Waals surface area contributed by atoms with Crippen molar-refractivity contribution in [2.24, 2.45) is 0 Å². The minimum absolute atomic E-state index is 0.0478. The largest absolute Gasteiger partial charge is 0.481 e. The Labute approximate surface area is 124 Å². The summed E-state index contributed by atoms with van der Waals surface area (Å²) >= 11 is 0. The highest BCUT2D eigenvalue weighted by Gasteiger charge is 2.25. The predicted molar refractivity (Wildman–Crippen MR) is 78.0 cm³/mol. The third-order valence-electron chi connectivity index (χ3n) is 3.59. The van der Waals surface area contributed by atoms with E-state index in [2.05, 4.69) is 12.1 Å². The van der Waals surface area contributed by atoms with Crippen LogP contribution >= 0.6 is 0 Å². The summed E-state index contributed by atoms with van der Waals surface area (Å²) in [4.78, 5) is 24.6. The monoisotopic (exact) mass is 291 g/mol. The molecule has 1 N–H and O–H groups in total. The van der Waals surface area contributed by atoms with Gasteiger partial charge in [-0.2, -0.15) is 0 Å². The van der Waals surface area contributed by atoms with Gasteiger partial charge in [0.1, 0.15) is 0 Å². The van der Waals surface area contributed by atoms with Crippen LogP contribution in [0, 0.1) is 0 Å². The van der Waals surface area contributed by atoms with E-state index in [4.69, 9.17) is 9.84 Å². The number of aliphatic carboxylic acids is 1. The van der Waals surface area contributed by atoms with Crippen LogP contribution in [0.4, 0.5) is 0 Å². The topological polar surface area (TPSA) is 66.8 Å². The number of rotatable bonds is 6. The Morgan fingerprint density at radius 2 is 2.05 bits per heavy atom. The summed E-state index contributed by atoms with van der Waals surface area (Å²) in [6.45, 7) is 1.36. The summed E-state index contributed by atoms with van der Waals surface area (Å²) in [6.07, 6.45) is 1.76. The molecule has 5 heteroatoms. The van der Waals surface area contributed by atoms with Gasteiger partial charge < -0.3 is 14.7 Å². The van der Waals surface area contributed by atoms with Crippen LogP contribution in [-0.2, 0) is 20.7 Å². The molecule has 0 spiro atoms. The molecule has 0 saturated carbocycles. The molecule has 1 aliphatic rings. The van der Waals surface area contributed by atoms with Crippen LogP contribution in [0.2, 0.25) is 0 Å². The van der Waals surface area contributed by atoms with E-state index in [0.717, 1.165) is 12.8 Å². The van der Waals surface area contributed by atoms with Crippen molar-refractivity contribution in [1.82, 2.24) is 4.90 Å². The van der Waals surface area contributed by atoms with E-state index in [1.807, 2.05) is 18.2 Å². The number of aryl methyl sites for hydroxylation is 1. The molecule has 1 atom stereocenters. The fraction of sp³-hybridized carbons (Fsp3) is 0.500. The summed E-state index contributed by atoms with van der Waals surface area (Å²) in [7, 11) is 0. The third-order valence-corrected chi connectivity index (χ3v) is 3.59. The van der Waals surface area contributed by atoms with Crippen molar-refractivity contribution in [2.75, 3.05) is 19.7 Å². The molecule has 2 rings (SSSR count). The van der Waals surface area contributed by atoms with Gasteiger partial charge in [0.25, 0.3) is 0 Å². The Morgan fingerprint density at radius 3 is 2.76 bits per heavy atom. The van der Waals surface area contributed by atoms with Crippen molar-refractivity contribution >= 4 is 11.9 Å². The predicted octanol–water partition coefficient (Wildman–Crippen LogP) is 1.71. The van der Waals surface area contributed by atoms with Crippen LogP contribution in [0.15, 0.2) is 30.3 Å². The van der Waals surface area contributed by atoms with Crippen LogP contribution in [-0.4, -0.2) is 47.7 Å². The van der Waals surface area contributed by atoms with E-state index in [1.54, 1.807) is 4.90 Å². The fourth-order valence-corrected chi connectivity index (χ4v) is 2.51. The number of hydrogen-bond acceptors (Lipinski definition) is 3. The van der Waals surface area contributed by atoms with Crippen LogP contribution in [0.5, 0.6) is 0 Å². The number of ether oxygens (including phenoxy) is 1. The number of nitrogens with zero attached hydrogens (tertiary/aromatic N) is 1. The van der Waals surface area contributed by atoms with Crippen LogP contribution in [0.3, 0.4) is 0 Å². The number of hydrogen-bond donors (Lipinski definition) is 1. The lowest BCUT2D eigenvalue weighted by atomic mass is 10.1. The van der Waals surface area contributed by atoms with Gasteiger partial charge in [-0.1, -0.05) is 30.3 Å². The summed E-state index contributed by atoms with van der Waals surface area (Å²) in [5.41, 5.74) is 1.23. The van der Waals surface area contributed by atoms with Crippen molar-refractivity contribution in [2.45, 2.75) is 31.8 Å². The SMILES string of the molecule is O=C(O)CC1CN(C(=O)CCCc2ccccc2)CCO1. The summed E-state index contributed by atoms with van der Waals surface area (Å²) < 4.78 is 5.37. The lowest BCUT2D eigenvalue weighted by Gasteiger charge is -2.32. The number of carboxylic acids is 1. The van der Waals surface area contributed by atoms with Crippen molar-refractivity contribution in [3.05, 3.63) is 35.9 Å². The Hall–Kier alpha value is -1.88.